The lowest BCUT2D eigenvalue weighted by molar-refractivity contribution is -0.122. The molecule has 158 valence electrons. The van der Waals surface area contributed by atoms with Gasteiger partial charge in [0.2, 0.25) is 15.9 Å². The van der Waals surface area contributed by atoms with Gasteiger partial charge in [-0.15, -0.1) is 0 Å². The highest BCUT2D eigenvalue weighted by Crippen LogP contribution is 2.27. The molecule has 2 atom stereocenters. The van der Waals surface area contributed by atoms with Gasteiger partial charge in [0.15, 0.2) is 0 Å². The fourth-order valence-electron chi connectivity index (χ4n) is 3.08. The Morgan fingerprint density at radius 1 is 1.21 bits per heavy atom. The van der Waals surface area contributed by atoms with E-state index in [0.717, 1.165) is 27.4 Å². The molecule has 0 radical (unpaired) electrons. The van der Waals surface area contributed by atoms with E-state index in [0.29, 0.717) is 17.1 Å². The van der Waals surface area contributed by atoms with E-state index in [1.807, 2.05) is 38.1 Å². The number of ether oxygens (including phenoxy) is 1. The third-order valence-electron chi connectivity index (χ3n) is 4.74. The van der Waals surface area contributed by atoms with Crippen molar-refractivity contribution in [1.82, 2.24) is 5.32 Å². The Morgan fingerprint density at radius 3 is 2.31 bits per heavy atom. The minimum atomic E-state index is -3.71. The summed E-state index contributed by atoms with van der Waals surface area (Å²) in [5.41, 5.74) is 2.09. The van der Waals surface area contributed by atoms with Gasteiger partial charge in [-0.25, -0.2) is 8.42 Å². The van der Waals surface area contributed by atoms with Crippen LogP contribution in [-0.4, -0.2) is 33.7 Å². The summed E-state index contributed by atoms with van der Waals surface area (Å²) >= 11 is 6.17. The number of anilines is 1. The molecule has 0 aliphatic heterocycles. The van der Waals surface area contributed by atoms with Crippen LogP contribution in [0.25, 0.3) is 0 Å². The van der Waals surface area contributed by atoms with Gasteiger partial charge in [-0.2, -0.15) is 0 Å². The Kier molecular flexibility index (Phi) is 7.54. The number of hydrogen-bond donors (Lipinski definition) is 1. The van der Waals surface area contributed by atoms with E-state index in [2.05, 4.69) is 5.32 Å². The molecule has 1 amide bonds. The number of halogens is 1. The zero-order valence-electron chi connectivity index (χ0n) is 17.3. The molecular formula is C21H27ClN2O4S. The normalized spacial score (nSPS) is 13.4. The van der Waals surface area contributed by atoms with E-state index in [4.69, 9.17) is 16.3 Å². The van der Waals surface area contributed by atoms with E-state index >= 15 is 0 Å². The minimum absolute atomic E-state index is 0.251. The van der Waals surface area contributed by atoms with Gasteiger partial charge in [-0.05, 0) is 55.7 Å². The van der Waals surface area contributed by atoms with Crippen molar-refractivity contribution in [3.05, 3.63) is 58.6 Å². The topological polar surface area (TPSA) is 75.7 Å². The van der Waals surface area contributed by atoms with Gasteiger partial charge in [0.1, 0.15) is 11.8 Å². The summed E-state index contributed by atoms with van der Waals surface area (Å²) in [5, 5.41) is 3.39. The Morgan fingerprint density at radius 2 is 1.83 bits per heavy atom. The largest absolute Gasteiger partial charge is 0.497 e. The van der Waals surface area contributed by atoms with Gasteiger partial charge in [-0.3, -0.25) is 9.10 Å². The van der Waals surface area contributed by atoms with Crippen molar-refractivity contribution in [3.8, 4) is 5.75 Å². The van der Waals surface area contributed by atoms with E-state index in [1.54, 1.807) is 32.2 Å². The van der Waals surface area contributed by atoms with Crippen molar-refractivity contribution in [2.24, 2.45) is 0 Å². The van der Waals surface area contributed by atoms with Gasteiger partial charge in [0.05, 0.1) is 25.1 Å². The number of rotatable bonds is 8. The Hall–Kier alpha value is -2.25. The highest BCUT2D eigenvalue weighted by Gasteiger charge is 2.30. The van der Waals surface area contributed by atoms with E-state index in [1.165, 1.54) is 0 Å². The number of carbonyl (C=O) groups is 1. The first-order valence-electron chi connectivity index (χ1n) is 9.28. The van der Waals surface area contributed by atoms with Crippen LogP contribution in [0, 0.1) is 6.92 Å². The fraction of sp³-hybridized carbons (Fsp3) is 0.381. The second kappa shape index (κ2) is 9.50. The van der Waals surface area contributed by atoms with Crippen molar-refractivity contribution in [2.45, 2.75) is 39.3 Å². The predicted octanol–water partition coefficient (Wildman–Crippen LogP) is 4.08. The quantitative estimate of drug-likeness (QED) is 0.673. The molecule has 0 heterocycles. The standard InChI is InChI=1S/C21H27ClN2O4S/c1-6-20(16-8-11-18(28-4)12-9-16)23-21(25)15(3)24(29(5,26)27)17-10-7-14(2)19(22)13-17/h7-13,15,20H,6H2,1-5H3,(H,23,25)/t15-,20+/m1/s1. The lowest BCUT2D eigenvalue weighted by atomic mass is 10.0. The summed E-state index contributed by atoms with van der Waals surface area (Å²) in [6.07, 6.45) is 1.73. The van der Waals surface area contributed by atoms with Crippen LogP contribution >= 0.6 is 11.6 Å². The summed E-state index contributed by atoms with van der Waals surface area (Å²) in [5.74, 6) is 0.331. The molecule has 0 aliphatic carbocycles. The molecule has 0 unspecified atom stereocenters. The molecule has 2 aromatic rings. The summed E-state index contributed by atoms with van der Waals surface area (Å²) in [6.45, 7) is 5.34. The van der Waals surface area contributed by atoms with Crippen LogP contribution in [-0.2, 0) is 14.8 Å². The van der Waals surface area contributed by atoms with E-state index < -0.39 is 22.0 Å². The number of benzene rings is 2. The zero-order chi connectivity index (χ0) is 21.8. The van der Waals surface area contributed by atoms with Crippen LogP contribution in [0.1, 0.15) is 37.4 Å². The highest BCUT2D eigenvalue weighted by molar-refractivity contribution is 7.92. The first kappa shape index (κ1) is 23.0. The molecule has 0 saturated carbocycles. The second-order valence-electron chi connectivity index (χ2n) is 6.91. The molecule has 29 heavy (non-hydrogen) atoms. The van der Waals surface area contributed by atoms with Crippen LogP contribution in [0.3, 0.4) is 0 Å². The predicted molar refractivity (Wildman–Crippen MR) is 117 cm³/mol. The molecule has 0 bridgehead atoms. The number of sulfonamides is 1. The molecule has 0 aliphatic rings. The SMILES string of the molecule is CC[C@H](NC(=O)[C@@H](C)N(c1ccc(C)c(Cl)c1)S(C)(=O)=O)c1ccc(OC)cc1. The summed E-state index contributed by atoms with van der Waals surface area (Å²) < 4.78 is 31.2. The number of amides is 1. The molecule has 2 aromatic carbocycles. The lowest BCUT2D eigenvalue weighted by Crippen LogP contribution is -2.48. The highest BCUT2D eigenvalue weighted by atomic mass is 35.5. The van der Waals surface area contributed by atoms with Gasteiger partial charge in [0.25, 0.3) is 0 Å². The van der Waals surface area contributed by atoms with Crippen LogP contribution in [0.5, 0.6) is 5.75 Å². The summed E-state index contributed by atoms with van der Waals surface area (Å²) in [4.78, 5) is 12.9. The maximum absolute atomic E-state index is 12.9. The molecule has 1 N–H and O–H groups in total. The average Bonchev–Trinajstić information content (AvgIpc) is 2.67. The first-order valence-corrected chi connectivity index (χ1v) is 11.5. The van der Waals surface area contributed by atoms with Gasteiger partial charge in [0, 0.05) is 5.02 Å². The number of carbonyl (C=O) groups excluding carboxylic acids is 1. The maximum Gasteiger partial charge on any atom is 0.244 e. The second-order valence-corrected chi connectivity index (χ2v) is 9.18. The Labute approximate surface area is 177 Å². The maximum atomic E-state index is 12.9. The van der Waals surface area contributed by atoms with Crippen LogP contribution in [0.2, 0.25) is 5.02 Å². The fourth-order valence-corrected chi connectivity index (χ4v) is 4.42. The van der Waals surface area contributed by atoms with Crippen molar-refractivity contribution >= 4 is 33.2 Å². The Bertz CT molecular complexity index is 961. The smallest absolute Gasteiger partial charge is 0.244 e. The van der Waals surface area contributed by atoms with Crippen LogP contribution < -0.4 is 14.4 Å². The number of aryl methyl sites for hydroxylation is 1. The number of methoxy groups -OCH3 is 1. The monoisotopic (exact) mass is 438 g/mol. The number of nitrogens with zero attached hydrogens (tertiary/aromatic N) is 1. The van der Waals surface area contributed by atoms with Crippen LogP contribution in [0.4, 0.5) is 5.69 Å². The van der Waals surface area contributed by atoms with Gasteiger partial charge in [-0.1, -0.05) is 36.7 Å². The minimum Gasteiger partial charge on any atom is -0.497 e. The molecule has 0 fully saturated rings. The number of hydrogen-bond acceptors (Lipinski definition) is 4. The van der Waals surface area contributed by atoms with Crippen molar-refractivity contribution in [1.29, 1.82) is 0 Å². The van der Waals surface area contributed by atoms with Crippen molar-refractivity contribution in [3.63, 3.8) is 0 Å². The van der Waals surface area contributed by atoms with Crippen molar-refractivity contribution < 1.29 is 17.9 Å². The number of nitrogens with one attached hydrogen (secondary N) is 1. The first-order chi connectivity index (χ1) is 13.6. The van der Waals surface area contributed by atoms with E-state index in [-0.39, 0.29) is 6.04 Å². The summed E-state index contributed by atoms with van der Waals surface area (Å²) in [7, 11) is -2.12. The zero-order valence-corrected chi connectivity index (χ0v) is 18.8. The molecule has 0 spiro atoms. The third kappa shape index (κ3) is 5.64. The molecule has 8 heteroatoms. The van der Waals surface area contributed by atoms with Crippen LogP contribution in [0.15, 0.2) is 42.5 Å². The lowest BCUT2D eigenvalue weighted by Gasteiger charge is -2.30. The molecule has 2 rings (SSSR count). The van der Waals surface area contributed by atoms with E-state index in [9.17, 15) is 13.2 Å². The molecule has 0 saturated heterocycles. The molecular weight excluding hydrogens is 412 g/mol. The van der Waals surface area contributed by atoms with Crippen molar-refractivity contribution in [2.75, 3.05) is 17.7 Å². The summed E-state index contributed by atoms with van der Waals surface area (Å²) in [6, 6.07) is 11.1. The Balaban J connectivity index is 2.28. The molecule has 6 nitrogen and oxygen atoms in total. The molecule has 0 aromatic heterocycles. The van der Waals surface area contributed by atoms with Gasteiger partial charge < -0.3 is 10.1 Å². The third-order valence-corrected chi connectivity index (χ3v) is 6.39. The van der Waals surface area contributed by atoms with Gasteiger partial charge >= 0.3 is 0 Å². The average molecular weight is 439 g/mol.